The van der Waals surface area contributed by atoms with Crippen LogP contribution in [-0.2, 0) is 32.6 Å². The predicted molar refractivity (Wildman–Crippen MR) is 217 cm³/mol. The summed E-state index contributed by atoms with van der Waals surface area (Å²) in [6.45, 7) is 10.8. The molecule has 1 N–H and O–H groups in total. The first-order chi connectivity index (χ1) is 24.5. The Hall–Kier alpha value is -3.98. The first-order valence-electron chi connectivity index (χ1n) is 18.0. The second-order valence-electron chi connectivity index (χ2n) is 14.7. The molecule has 6 nitrogen and oxygen atoms in total. The largest absolute Gasteiger partial charge is 0.364 e. The van der Waals surface area contributed by atoms with E-state index in [0.717, 1.165) is 25.9 Å². The lowest BCUT2D eigenvalue weighted by molar-refractivity contribution is 0.473. The van der Waals surface area contributed by atoms with Crippen molar-refractivity contribution in [1.29, 1.82) is 0 Å². The van der Waals surface area contributed by atoms with Crippen LogP contribution in [0.3, 0.4) is 0 Å². The number of fused-ring (bicyclic) bond motifs is 6. The summed E-state index contributed by atoms with van der Waals surface area (Å²) in [5.74, 6) is 0.522. The Bertz CT molecular complexity index is 2120. The van der Waals surface area contributed by atoms with Gasteiger partial charge in [0.15, 0.2) is 11.1 Å². The van der Waals surface area contributed by atoms with Crippen LogP contribution >= 0.6 is 0 Å². The Balaban J connectivity index is 1.23. The maximum atomic E-state index is 11.3. The molecule has 0 saturated carbocycles. The Morgan fingerprint density at radius 2 is 1.33 bits per heavy atom. The Labute approximate surface area is 307 Å². The average molecular weight is 723 g/mol. The van der Waals surface area contributed by atoms with Gasteiger partial charge in [-0.25, -0.2) is 12.6 Å². The normalized spacial score (nSPS) is 19.5. The first kappa shape index (κ1) is 36.8. The smallest absolute Gasteiger partial charge is 0.152 e. The molecule has 4 aromatic rings. The number of nitrogens with zero attached hydrogens (tertiary/aromatic N) is 2. The lowest BCUT2D eigenvalue weighted by Gasteiger charge is -2.32. The lowest BCUT2D eigenvalue weighted by Crippen LogP contribution is -2.40. The monoisotopic (exact) mass is 722 g/mol. The van der Waals surface area contributed by atoms with Gasteiger partial charge in [-0.1, -0.05) is 125 Å². The molecule has 8 heteroatoms. The summed E-state index contributed by atoms with van der Waals surface area (Å²) in [5.41, 5.74) is 5.96. The quantitative estimate of drug-likeness (QED) is 0.0585. The van der Waals surface area contributed by atoms with Crippen molar-refractivity contribution in [2.45, 2.75) is 70.3 Å². The van der Waals surface area contributed by atoms with Gasteiger partial charge < -0.3 is 14.4 Å². The van der Waals surface area contributed by atoms with Gasteiger partial charge in [0.05, 0.1) is 6.04 Å². The van der Waals surface area contributed by atoms with Crippen LogP contribution in [0, 0.1) is 0 Å². The van der Waals surface area contributed by atoms with Gasteiger partial charge in [-0.3, -0.25) is 0 Å². The van der Waals surface area contributed by atoms with Gasteiger partial charge in [-0.15, -0.1) is 0 Å². The molecule has 2 aliphatic rings. The fourth-order valence-electron chi connectivity index (χ4n) is 8.27. The van der Waals surface area contributed by atoms with Crippen molar-refractivity contribution in [2.75, 3.05) is 34.4 Å². The van der Waals surface area contributed by atoms with E-state index in [1.165, 1.54) is 49.7 Å². The van der Waals surface area contributed by atoms with E-state index in [0.29, 0.717) is 18.6 Å². The molecule has 0 aliphatic carbocycles. The number of allylic oxidation sites excluding steroid dienone is 7. The van der Waals surface area contributed by atoms with Crippen LogP contribution in [0.15, 0.2) is 121 Å². The lowest BCUT2D eigenvalue weighted by atomic mass is 9.78. The van der Waals surface area contributed by atoms with E-state index in [4.69, 9.17) is 0 Å². The molecular formula is C43H50N2O4S2. The molecule has 268 valence electrons. The van der Waals surface area contributed by atoms with E-state index in [-0.39, 0.29) is 22.6 Å². The molecule has 2 unspecified atom stereocenters. The van der Waals surface area contributed by atoms with Crippen molar-refractivity contribution in [1.82, 2.24) is 0 Å². The highest BCUT2D eigenvalue weighted by atomic mass is 32.2. The molecule has 0 saturated heterocycles. The minimum Gasteiger partial charge on any atom is -0.364 e. The van der Waals surface area contributed by atoms with Gasteiger partial charge in [0.1, 0.15) is 10.7 Å². The second kappa shape index (κ2) is 15.7. The predicted octanol–water partition coefficient (Wildman–Crippen LogP) is 9.20. The van der Waals surface area contributed by atoms with Gasteiger partial charge >= 0.3 is 0 Å². The highest BCUT2D eigenvalue weighted by Gasteiger charge is 2.44. The number of hydrogen-bond donors (Lipinski definition) is 2. The molecule has 4 aromatic carbocycles. The first-order valence-corrected chi connectivity index (χ1v) is 20.7. The molecule has 0 spiro atoms. The summed E-state index contributed by atoms with van der Waals surface area (Å²) < 4.78 is 43.1. The van der Waals surface area contributed by atoms with Crippen molar-refractivity contribution in [3.63, 3.8) is 0 Å². The number of rotatable bonds is 14. The zero-order chi connectivity index (χ0) is 36.2. The molecule has 0 bridgehead atoms. The molecule has 0 fully saturated rings. The third kappa shape index (κ3) is 7.64. The van der Waals surface area contributed by atoms with Gasteiger partial charge in [0.2, 0.25) is 0 Å². The summed E-state index contributed by atoms with van der Waals surface area (Å²) >= 11 is -1.77. The van der Waals surface area contributed by atoms with Crippen LogP contribution < -0.4 is 9.80 Å². The molecule has 6 rings (SSSR count). The molecule has 2 atom stereocenters. The van der Waals surface area contributed by atoms with Crippen LogP contribution in [0.1, 0.15) is 64.5 Å². The number of hydrogen-bond acceptors (Lipinski definition) is 5. The van der Waals surface area contributed by atoms with E-state index in [1.807, 2.05) is 0 Å². The molecule has 0 radical (unpaired) electrons. The minimum absolute atomic E-state index is 0.134. The van der Waals surface area contributed by atoms with Gasteiger partial charge in [0, 0.05) is 52.5 Å². The van der Waals surface area contributed by atoms with Crippen LogP contribution in [0.2, 0.25) is 0 Å². The molecular weight excluding hydrogens is 673 g/mol. The second-order valence-corrected chi connectivity index (χ2v) is 16.9. The van der Waals surface area contributed by atoms with E-state index in [9.17, 15) is 17.2 Å². The SMILES string of the molecule is CC1(C)\C(=C/C=C/C=C/C=C/C2N(CCCCS(=O)O)c3ccc4ccccc4c3C2(C)C)N(CCCC[SH](=O)=O)c2ccc3ccccc3c21. The van der Waals surface area contributed by atoms with Crippen LogP contribution in [0.25, 0.3) is 21.5 Å². The molecule has 51 heavy (non-hydrogen) atoms. The molecule has 2 aliphatic heterocycles. The van der Waals surface area contributed by atoms with Gasteiger partial charge in [0.25, 0.3) is 0 Å². The van der Waals surface area contributed by atoms with Crippen molar-refractivity contribution >= 4 is 54.7 Å². The highest BCUT2D eigenvalue weighted by Crippen LogP contribution is 2.51. The average Bonchev–Trinajstić information content (AvgIpc) is 3.46. The number of benzene rings is 4. The van der Waals surface area contributed by atoms with E-state index in [1.54, 1.807) is 0 Å². The topological polar surface area (TPSA) is 77.9 Å². The van der Waals surface area contributed by atoms with Crippen LogP contribution in [-0.4, -0.2) is 47.8 Å². The highest BCUT2D eigenvalue weighted by molar-refractivity contribution is 7.79. The summed E-state index contributed by atoms with van der Waals surface area (Å²) in [6, 6.07) is 26.1. The number of anilines is 2. The Kier molecular flexibility index (Phi) is 11.3. The Morgan fingerprint density at radius 3 is 2.02 bits per heavy atom. The van der Waals surface area contributed by atoms with E-state index >= 15 is 0 Å². The van der Waals surface area contributed by atoms with Crippen molar-refractivity contribution in [3.05, 3.63) is 132 Å². The van der Waals surface area contributed by atoms with Crippen molar-refractivity contribution in [3.8, 4) is 0 Å². The van der Waals surface area contributed by atoms with Crippen LogP contribution in [0.5, 0.6) is 0 Å². The summed E-state index contributed by atoms with van der Waals surface area (Å²) in [5, 5.41) is 5.00. The van der Waals surface area contributed by atoms with Crippen LogP contribution in [0.4, 0.5) is 11.4 Å². The van der Waals surface area contributed by atoms with Gasteiger partial charge in [-0.05, 0) is 76.6 Å². The summed E-state index contributed by atoms with van der Waals surface area (Å²) in [6.07, 6.45) is 18.0. The van der Waals surface area contributed by atoms with E-state index in [2.05, 4.69) is 153 Å². The number of unbranched alkanes of at least 4 members (excludes halogenated alkanes) is 2. The van der Waals surface area contributed by atoms with Gasteiger partial charge in [-0.2, -0.15) is 0 Å². The summed E-state index contributed by atoms with van der Waals surface area (Å²) in [4.78, 5) is 4.85. The zero-order valence-corrected chi connectivity index (χ0v) is 31.8. The standard InChI is InChI=1S/C43H50N2O4S2/c1-42(2)38(44(28-14-16-30-50(46)47)36-26-24-32-18-10-12-20-34(32)40(36)42)22-8-6-5-7-9-23-39-43(3,4)41-35-21-13-11-19-33(35)25-27-37(41)45(39)29-15-17-31-51(48)49/h5-13,18-27,38,51H,14-17,28-31H2,1-4H3,(H,46,47)/b6-5+,9-7+,22-8+,39-23+. The van der Waals surface area contributed by atoms with E-state index < -0.39 is 21.8 Å². The fraction of sp³-hybridized carbons (Fsp3) is 0.349. The molecule has 2 heterocycles. The molecule has 0 aromatic heterocycles. The maximum absolute atomic E-state index is 11.3. The molecule has 0 amide bonds. The fourth-order valence-corrected chi connectivity index (χ4v) is 9.20. The Morgan fingerprint density at radius 1 is 0.725 bits per heavy atom. The van der Waals surface area contributed by atoms with Crippen molar-refractivity contribution in [2.24, 2.45) is 0 Å². The van der Waals surface area contributed by atoms with Crippen molar-refractivity contribution < 1.29 is 17.2 Å². The third-order valence-electron chi connectivity index (χ3n) is 10.6. The third-order valence-corrected chi connectivity index (χ3v) is 11.9. The summed E-state index contributed by atoms with van der Waals surface area (Å²) in [7, 11) is -2.36. The maximum Gasteiger partial charge on any atom is 0.152 e. The number of thiol groups is 1. The minimum atomic E-state index is -2.36. The zero-order valence-electron chi connectivity index (χ0n) is 30.1.